The van der Waals surface area contributed by atoms with Crippen molar-refractivity contribution in [2.24, 2.45) is 0 Å². The zero-order chi connectivity index (χ0) is 13.4. The van der Waals surface area contributed by atoms with Gasteiger partial charge in [-0.1, -0.05) is 24.3 Å². The summed E-state index contributed by atoms with van der Waals surface area (Å²) < 4.78 is 3.15. The minimum atomic E-state index is 0.925. The molecule has 1 aromatic heterocycles. The van der Waals surface area contributed by atoms with Crippen molar-refractivity contribution in [1.82, 2.24) is 14.7 Å². The number of hydrogen-bond acceptors (Lipinski definition) is 4. The molecular weight excluding hydrogens is 266 g/mol. The molecule has 20 heavy (non-hydrogen) atoms. The molecule has 0 radical (unpaired) electrons. The smallest absolute Gasteiger partial charge is 0.0973 e. The van der Waals surface area contributed by atoms with Crippen LogP contribution in [0.4, 0.5) is 0 Å². The van der Waals surface area contributed by atoms with Gasteiger partial charge in [-0.3, -0.25) is 0 Å². The first kappa shape index (κ1) is 11.5. The van der Waals surface area contributed by atoms with Gasteiger partial charge in [-0.25, -0.2) is 9.97 Å². The second kappa shape index (κ2) is 4.65. The Morgan fingerprint density at radius 1 is 0.850 bits per heavy atom. The minimum Gasteiger partial charge on any atom is -0.332 e. The van der Waals surface area contributed by atoms with E-state index < -0.39 is 0 Å². The van der Waals surface area contributed by atoms with Gasteiger partial charge in [-0.15, -0.1) is 0 Å². The molecule has 0 unspecified atom stereocenters. The summed E-state index contributed by atoms with van der Waals surface area (Å²) in [5, 5.41) is 2.03. The van der Waals surface area contributed by atoms with Crippen LogP contribution < -0.4 is 4.72 Å². The Hall–Kier alpha value is -2.33. The predicted octanol–water partition coefficient (Wildman–Crippen LogP) is 3.89. The number of nitrogens with one attached hydrogen (secondary N) is 1. The maximum Gasteiger partial charge on any atom is 0.0973 e. The van der Waals surface area contributed by atoms with E-state index in [2.05, 4.69) is 16.9 Å². The minimum absolute atomic E-state index is 0.925. The summed E-state index contributed by atoms with van der Waals surface area (Å²) in [6, 6.07) is 14.1. The van der Waals surface area contributed by atoms with Crippen LogP contribution >= 0.6 is 11.9 Å². The summed E-state index contributed by atoms with van der Waals surface area (Å²) >= 11 is 1.56. The van der Waals surface area contributed by atoms with E-state index in [9.17, 15) is 0 Å². The van der Waals surface area contributed by atoms with Crippen molar-refractivity contribution in [2.45, 2.75) is 0 Å². The van der Waals surface area contributed by atoms with Gasteiger partial charge >= 0.3 is 0 Å². The Kier molecular flexibility index (Phi) is 2.67. The lowest BCUT2D eigenvalue weighted by Crippen LogP contribution is -1.98. The molecule has 4 heteroatoms. The Balaban J connectivity index is 2.04. The zero-order valence-corrected chi connectivity index (χ0v) is 11.4. The fourth-order valence-corrected chi connectivity index (χ4v) is 2.82. The van der Waals surface area contributed by atoms with Crippen molar-refractivity contribution in [3.63, 3.8) is 0 Å². The first-order valence-electron chi connectivity index (χ1n) is 6.35. The molecule has 0 saturated heterocycles. The quantitative estimate of drug-likeness (QED) is 0.541. The molecule has 0 saturated carbocycles. The number of fused-ring (bicyclic) bond motifs is 2. The van der Waals surface area contributed by atoms with Crippen LogP contribution in [0.3, 0.4) is 0 Å². The van der Waals surface area contributed by atoms with E-state index in [0.29, 0.717) is 0 Å². The maximum absolute atomic E-state index is 4.78. The fraction of sp³-hybridized carbons (Fsp3) is 0. The van der Waals surface area contributed by atoms with Crippen LogP contribution in [-0.2, 0) is 0 Å². The fourth-order valence-electron chi connectivity index (χ4n) is 2.34. The lowest BCUT2D eigenvalue weighted by atomic mass is 10.0. The SMILES string of the molecule is C1=CC(c2cccc3nc4ccccc4nc23)=CNS1. The first-order valence-corrected chi connectivity index (χ1v) is 7.23. The van der Waals surface area contributed by atoms with Crippen molar-refractivity contribution < 1.29 is 0 Å². The van der Waals surface area contributed by atoms with Crippen molar-refractivity contribution >= 4 is 39.6 Å². The monoisotopic (exact) mass is 277 g/mol. The van der Waals surface area contributed by atoms with E-state index in [1.807, 2.05) is 48.0 Å². The van der Waals surface area contributed by atoms with Gasteiger partial charge in [0.2, 0.25) is 0 Å². The van der Waals surface area contributed by atoms with Gasteiger partial charge in [0.05, 0.1) is 22.1 Å². The molecule has 0 atom stereocenters. The van der Waals surface area contributed by atoms with Gasteiger partial charge in [0.15, 0.2) is 0 Å². The third-order valence-corrected chi connectivity index (χ3v) is 3.80. The molecule has 4 rings (SSSR count). The molecule has 2 heterocycles. The molecule has 1 aliphatic heterocycles. The third-order valence-electron chi connectivity index (χ3n) is 3.28. The molecule has 1 aliphatic rings. The molecule has 0 fully saturated rings. The number of nitrogens with zero attached hydrogens (tertiary/aromatic N) is 2. The number of benzene rings is 2. The normalized spacial score (nSPS) is 14.3. The number of rotatable bonds is 1. The van der Waals surface area contributed by atoms with Crippen LogP contribution in [0.5, 0.6) is 0 Å². The lowest BCUT2D eigenvalue weighted by molar-refractivity contribution is 1.37. The molecule has 3 nitrogen and oxygen atoms in total. The highest BCUT2D eigenvalue weighted by Crippen LogP contribution is 2.27. The van der Waals surface area contributed by atoms with Gasteiger partial charge in [-0.2, -0.15) is 0 Å². The Labute approximate surface area is 120 Å². The topological polar surface area (TPSA) is 37.8 Å². The molecule has 3 aromatic rings. The Morgan fingerprint density at radius 2 is 1.65 bits per heavy atom. The lowest BCUT2D eigenvalue weighted by Gasteiger charge is -2.10. The second-order valence-corrected chi connectivity index (χ2v) is 5.27. The van der Waals surface area contributed by atoms with E-state index in [-0.39, 0.29) is 0 Å². The summed E-state index contributed by atoms with van der Waals surface area (Å²) in [4.78, 5) is 9.47. The highest BCUT2D eigenvalue weighted by molar-refractivity contribution is 8.00. The molecule has 0 amide bonds. The molecule has 96 valence electrons. The summed E-state index contributed by atoms with van der Waals surface area (Å²) in [6.07, 6.45) is 4.09. The highest BCUT2D eigenvalue weighted by Gasteiger charge is 2.09. The van der Waals surface area contributed by atoms with Gasteiger partial charge in [0.1, 0.15) is 0 Å². The number of para-hydroxylation sites is 3. The average Bonchev–Trinajstić information content (AvgIpc) is 2.53. The van der Waals surface area contributed by atoms with Crippen LogP contribution in [0, 0.1) is 0 Å². The standard InChI is InChI=1S/C16H11N3S/c1-2-6-14-13(5-1)18-15-7-3-4-12(16(15)19-14)11-8-9-20-17-10-11/h1-10,17H. The van der Waals surface area contributed by atoms with Gasteiger partial charge in [-0.05, 0) is 41.6 Å². The third kappa shape index (κ3) is 1.85. The second-order valence-electron chi connectivity index (χ2n) is 4.52. The Morgan fingerprint density at radius 3 is 2.45 bits per heavy atom. The highest BCUT2D eigenvalue weighted by atomic mass is 32.2. The summed E-state index contributed by atoms with van der Waals surface area (Å²) in [6.45, 7) is 0. The maximum atomic E-state index is 4.78. The molecule has 2 aromatic carbocycles. The van der Waals surface area contributed by atoms with Crippen LogP contribution in [0.1, 0.15) is 5.56 Å². The molecule has 0 bridgehead atoms. The van der Waals surface area contributed by atoms with E-state index in [1.54, 1.807) is 11.9 Å². The number of aromatic nitrogens is 2. The molecule has 0 aliphatic carbocycles. The van der Waals surface area contributed by atoms with E-state index in [1.165, 1.54) is 0 Å². The Bertz CT molecular complexity index is 868. The molecule has 1 N–H and O–H groups in total. The summed E-state index contributed by atoms with van der Waals surface area (Å²) in [7, 11) is 0. The van der Waals surface area contributed by atoms with Crippen molar-refractivity contribution in [1.29, 1.82) is 0 Å². The van der Waals surface area contributed by atoms with E-state index in [4.69, 9.17) is 9.97 Å². The number of allylic oxidation sites excluding steroid dienone is 2. The van der Waals surface area contributed by atoms with Crippen molar-refractivity contribution in [3.8, 4) is 0 Å². The average molecular weight is 277 g/mol. The van der Waals surface area contributed by atoms with Gasteiger partial charge in [0, 0.05) is 17.3 Å². The van der Waals surface area contributed by atoms with Crippen molar-refractivity contribution in [2.75, 3.05) is 0 Å². The number of hydrogen-bond donors (Lipinski definition) is 1. The molecule has 0 spiro atoms. The largest absolute Gasteiger partial charge is 0.332 e. The van der Waals surface area contributed by atoms with Crippen LogP contribution in [0.15, 0.2) is 60.1 Å². The summed E-state index contributed by atoms with van der Waals surface area (Å²) in [5.74, 6) is 0. The van der Waals surface area contributed by atoms with E-state index in [0.717, 1.165) is 33.2 Å². The van der Waals surface area contributed by atoms with Crippen LogP contribution in [-0.4, -0.2) is 9.97 Å². The van der Waals surface area contributed by atoms with E-state index >= 15 is 0 Å². The first-order chi connectivity index (χ1) is 9.92. The van der Waals surface area contributed by atoms with Crippen molar-refractivity contribution in [3.05, 3.63) is 65.7 Å². The molecular formula is C16H11N3S. The predicted molar refractivity (Wildman–Crippen MR) is 84.9 cm³/mol. The van der Waals surface area contributed by atoms with Gasteiger partial charge < -0.3 is 4.72 Å². The summed E-state index contributed by atoms with van der Waals surface area (Å²) in [5.41, 5.74) is 5.95. The van der Waals surface area contributed by atoms with Gasteiger partial charge in [0.25, 0.3) is 0 Å². The zero-order valence-electron chi connectivity index (χ0n) is 10.6. The van der Waals surface area contributed by atoms with Crippen LogP contribution in [0.2, 0.25) is 0 Å². The van der Waals surface area contributed by atoms with Crippen LogP contribution in [0.25, 0.3) is 27.6 Å².